The summed E-state index contributed by atoms with van der Waals surface area (Å²) in [7, 11) is 0. The molecule has 82 valence electrons. The van der Waals surface area contributed by atoms with E-state index < -0.39 is 6.10 Å². The van der Waals surface area contributed by atoms with Crippen molar-refractivity contribution in [3.63, 3.8) is 0 Å². The second-order valence-electron chi connectivity index (χ2n) is 3.09. The molecule has 0 aromatic heterocycles. The smallest absolute Gasteiger partial charge is 0.122 e. The van der Waals surface area contributed by atoms with E-state index in [4.69, 9.17) is 26.1 Å². The molecule has 1 aromatic carbocycles. The molecule has 0 aliphatic heterocycles. The van der Waals surface area contributed by atoms with Crippen molar-refractivity contribution in [3.05, 3.63) is 29.8 Å². The van der Waals surface area contributed by atoms with Crippen LogP contribution in [0.25, 0.3) is 0 Å². The zero-order valence-electron chi connectivity index (χ0n) is 8.18. The SMILES string of the molecule is N=C(N)c1ccc(OC[C@H](O)CO)cc1. The van der Waals surface area contributed by atoms with Crippen molar-refractivity contribution in [2.45, 2.75) is 6.10 Å². The van der Waals surface area contributed by atoms with Gasteiger partial charge in [-0.3, -0.25) is 5.41 Å². The minimum absolute atomic E-state index is 0.00283. The van der Waals surface area contributed by atoms with E-state index in [0.717, 1.165) is 0 Å². The van der Waals surface area contributed by atoms with Gasteiger partial charge < -0.3 is 20.7 Å². The lowest BCUT2D eigenvalue weighted by Crippen LogP contribution is -2.21. The summed E-state index contributed by atoms with van der Waals surface area (Å²) in [5.41, 5.74) is 5.89. The lowest BCUT2D eigenvalue weighted by Gasteiger charge is -2.09. The van der Waals surface area contributed by atoms with Gasteiger partial charge in [0.25, 0.3) is 0 Å². The Balaban J connectivity index is 2.53. The Bertz CT molecular complexity index is 324. The van der Waals surface area contributed by atoms with Gasteiger partial charge in [0.15, 0.2) is 0 Å². The molecule has 1 aromatic rings. The lowest BCUT2D eigenvalue weighted by molar-refractivity contribution is 0.0536. The van der Waals surface area contributed by atoms with Gasteiger partial charge in [-0.05, 0) is 24.3 Å². The number of hydrogen-bond donors (Lipinski definition) is 4. The molecule has 0 aliphatic rings. The normalized spacial score (nSPS) is 12.1. The van der Waals surface area contributed by atoms with Gasteiger partial charge in [0.05, 0.1) is 6.61 Å². The monoisotopic (exact) mass is 210 g/mol. The lowest BCUT2D eigenvalue weighted by atomic mass is 10.2. The van der Waals surface area contributed by atoms with Crippen LogP contribution in [0.15, 0.2) is 24.3 Å². The number of nitrogens with one attached hydrogen (secondary N) is 1. The fourth-order valence-electron chi connectivity index (χ4n) is 0.976. The van der Waals surface area contributed by atoms with Crippen molar-refractivity contribution in [2.75, 3.05) is 13.2 Å². The summed E-state index contributed by atoms with van der Waals surface area (Å²) >= 11 is 0. The largest absolute Gasteiger partial charge is 0.491 e. The average molecular weight is 210 g/mol. The minimum atomic E-state index is -0.877. The fourth-order valence-corrected chi connectivity index (χ4v) is 0.976. The third-order valence-corrected chi connectivity index (χ3v) is 1.82. The first-order chi connectivity index (χ1) is 7.13. The maximum Gasteiger partial charge on any atom is 0.122 e. The molecule has 0 heterocycles. The first-order valence-electron chi connectivity index (χ1n) is 4.49. The van der Waals surface area contributed by atoms with E-state index in [1.165, 1.54) is 0 Å². The third-order valence-electron chi connectivity index (χ3n) is 1.82. The molecule has 1 atom stereocenters. The van der Waals surface area contributed by atoms with Gasteiger partial charge in [-0.25, -0.2) is 0 Å². The molecule has 0 fully saturated rings. The Labute approximate surface area is 87.6 Å². The van der Waals surface area contributed by atoms with Crippen LogP contribution in [-0.2, 0) is 0 Å². The summed E-state index contributed by atoms with van der Waals surface area (Å²) < 4.78 is 5.17. The van der Waals surface area contributed by atoms with Crippen LogP contribution in [0, 0.1) is 5.41 Å². The number of hydrogen-bond acceptors (Lipinski definition) is 4. The van der Waals surface area contributed by atoms with Crippen LogP contribution in [0.2, 0.25) is 0 Å². The van der Waals surface area contributed by atoms with Crippen molar-refractivity contribution >= 4 is 5.84 Å². The van der Waals surface area contributed by atoms with Gasteiger partial charge in [-0.1, -0.05) is 0 Å². The molecule has 1 rings (SSSR count). The quantitative estimate of drug-likeness (QED) is 0.396. The van der Waals surface area contributed by atoms with Crippen molar-refractivity contribution in [1.29, 1.82) is 5.41 Å². The number of nitrogen functional groups attached to an aromatic ring is 1. The van der Waals surface area contributed by atoms with Gasteiger partial charge >= 0.3 is 0 Å². The molecule has 0 saturated heterocycles. The highest BCUT2D eigenvalue weighted by atomic mass is 16.5. The highest BCUT2D eigenvalue weighted by molar-refractivity contribution is 5.94. The number of aliphatic hydroxyl groups excluding tert-OH is 2. The van der Waals surface area contributed by atoms with E-state index >= 15 is 0 Å². The zero-order chi connectivity index (χ0) is 11.3. The molecule has 0 aliphatic carbocycles. The topological polar surface area (TPSA) is 99.6 Å². The Morgan fingerprint density at radius 3 is 2.47 bits per heavy atom. The summed E-state index contributed by atoms with van der Waals surface area (Å²) in [6.45, 7) is -0.290. The van der Waals surface area contributed by atoms with Crippen LogP contribution >= 0.6 is 0 Å². The van der Waals surface area contributed by atoms with E-state index in [0.29, 0.717) is 11.3 Å². The summed E-state index contributed by atoms with van der Waals surface area (Å²) in [5, 5.41) is 24.8. The molecule has 5 nitrogen and oxygen atoms in total. The van der Waals surface area contributed by atoms with Gasteiger partial charge in [0, 0.05) is 5.56 Å². The van der Waals surface area contributed by atoms with Gasteiger partial charge in [-0.15, -0.1) is 0 Å². The summed E-state index contributed by atoms with van der Waals surface area (Å²) in [6.07, 6.45) is -0.877. The molecule has 0 spiro atoms. The van der Waals surface area contributed by atoms with E-state index in [-0.39, 0.29) is 19.0 Å². The predicted octanol–water partition coefficient (Wildman–Crippen LogP) is -0.297. The summed E-state index contributed by atoms with van der Waals surface area (Å²) in [4.78, 5) is 0. The van der Waals surface area contributed by atoms with Gasteiger partial charge in [0.1, 0.15) is 24.3 Å². The molecule has 5 heteroatoms. The number of rotatable bonds is 5. The van der Waals surface area contributed by atoms with Crippen LogP contribution in [0.5, 0.6) is 5.75 Å². The second-order valence-corrected chi connectivity index (χ2v) is 3.09. The maximum absolute atomic E-state index is 9.03. The number of benzene rings is 1. The molecular weight excluding hydrogens is 196 g/mol. The van der Waals surface area contributed by atoms with E-state index in [1.807, 2.05) is 0 Å². The fraction of sp³-hybridized carbons (Fsp3) is 0.300. The van der Waals surface area contributed by atoms with Crippen LogP contribution in [0.1, 0.15) is 5.56 Å². The predicted molar refractivity (Wildman–Crippen MR) is 56.0 cm³/mol. The number of amidine groups is 1. The zero-order valence-corrected chi connectivity index (χ0v) is 8.18. The third kappa shape index (κ3) is 3.57. The number of aliphatic hydroxyl groups is 2. The van der Waals surface area contributed by atoms with Crippen molar-refractivity contribution in [3.8, 4) is 5.75 Å². The summed E-state index contributed by atoms with van der Waals surface area (Å²) in [5.74, 6) is 0.560. The van der Waals surface area contributed by atoms with Crippen LogP contribution in [0.3, 0.4) is 0 Å². The van der Waals surface area contributed by atoms with Crippen LogP contribution in [0.4, 0.5) is 0 Å². The highest BCUT2D eigenvalue weighted by Gasteiger charge is 2.03. The first-order valence-corrected chi connectivity index (χ1v) is 4.49. The number of ether oxygens (including phenoxy) is 1. The Kier molecular flexibility index (Phi) is 4.08. The van der Waals surface area contributed by atoms with Crippen molar-refractivity contribution < 1.29 is 14.9 Å². The molecule has 0 amide bonds. The molecule has 15 heavy (non-hydrogen) atoms. The van der Waals surface area contributed by atoms with Gasteiger partial charge in [-0.2, -0.15) is 0 Å². The Hall–Kier alpha value is -1.59. The molecule has 0 saturated carbocycles. The average Bonchev–Trinajstić information content (AvgIpc) is 2.26. The molecule has 0 bridgehead atoms. The van der Waals surface area contributed by atoms with Crippen molar-refractivity contribution in [1.82, 2.24) is 0 Å². The molecule has 0 radical (unpaired) electrons. The first kappa shape index (κ1) is 11.5. The molecule has 5 N–H and O–H groups in total. The summed E-state index contributed by atoms with van der Waals surface area (Å²) in [6, 6.07) is 6.62. The second kappa shape index (κ2) is 5.33. The molecular formula is C10H14N2O3. The van der Waals surface area contributed by atoms with Crippen LogP contribution < -0.4 is 10.5 Å². The standard InChI is InChI=1S/C10H14N2O3/c11-10(12)7-1-3-9(4-2-7)15-6-8(14)5-13/h1-4,8,13-14H,5-6H2,(H3,11,12)/t8-/m1/s1. The Morgan fingerprint density at radius 2 is 2.00 bits per heavy atom. The molecule has 0 unspecified atom stereocenters. The number of nitrogens with two attached hydrogens (primary N) is 1. The maximum atomic E-state index is 9.03. The van der Waals surface area contributed by atoms with E-state index in [1.54, 1.807) is 24.3 Å². The van der Waals surface area contributed by atoms with Crippen LogP contribution in [-0.4, -0.2) is 35.4 Å². The highest BCUT2D eigenvalue weighted by Crippen LogP contribution is 2.11. The van der Waals surface area contributed by atoms with E-state index in [2.05, 4.69) is 0 Å². The minimum Gasteiger partial charge on any atom is -0.491 e. The Morgan fingerprint density at radius 1 is 1.40 bits per heavy atom. The van der Waals surface area contributed by atoms with E-state index in [9.17, 15) is 0 Å². The van der Waals surface area contributed by atoms with Crippen molar-refractivity contribution in [2.24, 2.45) is 5.73 Å². The van der Waals surface area contributed by atoms with Gasteiger partial charge in [0.2, 0.25) is 0 Å².